The van der Waals surface area contributed by atoms with Crippen LogP contribution in [0.3, 0.4) is 0 Å². The Labute approximate surface area is 160 Å². The van der Waals surface area contributed by atoms with Crippen LogP contribution in [0.2, 0.25) is 0 Å². The molecule has 150 valence electrons. The van der Waals surface area contributed by atoms with Crippen LogP contribution in [-0.2, 0) is 0 Å². The highest BCUT2D eigenvalue weighted by Gasteiger charge is 1.95. The predicted molar refractivity (Wildman–Crippen MR) is 114 cm³/mol. The fourth-order valence-electron chi connectivity index (χ4n) is 3.72. The van der Waals surface area contributed by atoms with E-state index in [-0.39, 0.29) is 0 Å². The summed E-state index contributed by atoms with van der Waals surface area (Å²) in [7, 11) is 0. The number of rotatable bonds is 22. The van der Waals surface area contributed by atoms with E-state index in [1.54, 1.807) is 0 Å². The van der Waals surface area contributed by atoms with Crippen molar-refractivity contribution in [2.75, 3.05) is 6.54 Å². The Bertz CT molecular complexity index is 192. The van der Waals surface area contributed by atoms with E-state index >= 15 is 0 Å². The van der Waals surface area contributed by atoms with Crippen LogP contribution in [0.15, 0.2) is 0 Å². The van der Waals surface area contributed by atoms with Gasteiger partial charge in [0.25, 0.3) is 0 Å². The SMILES string of the molecule is CCCCCCCCCCCCCCCCCCCCCCCC[N]. The van der Waals surface area contributed by atoms with E-state index in [0.29, 0.717) is 6.54 Å². The van der Waals surface area contributed by atoms with Gasteiger partial charge in [-0.05, 0) is 6.42 Å². The standard InChI is InChI=1S/C24H49N/c1-2-3-4-5-6-7-8-9-10-11-12-13-14-15-16-17-18-19-20-21-22-23-24-25/h2-24H2,1H3. The van der Waals surface area contributed by atoms with Gasteiger partial charge in [0.15, 0.2) is 0 Å². The molecular weight excluding hydrogens is 302 g/mol. The van der Waals surface area contributed by atoms with Gasteiger partial charge in [-0.3, -0.25) is 0 Å². The zero-order chi connectivity index (χ0) is 18.3. The third-order valence-electron chi connectivity index (χ3n) is 5.51. The number of hydrogen-bond donors (Lipinski definition) is 0. The molecule has 0 aliphatic rings. The average Bonchev–Trinajstić information content (AvgIpc) is 2.63. The fraction of sp³-hybridized carbons (Fsp3) is 1.00. The summed E-state index contributed by atoms with van der Waals surface area (Å²) in [5, 5.41) is 0. The summed E-state index contributed by atoms with van der Waals surface area (Å²) in [6.07, 6.45) is 31.1. The van der Waals surface area contributed by atoms with E-state index in [2.05, 4.69) is 6.92 Å². The zero-order valence-electron chi connectivity index (χ0n) is 17.7. The molecule has 0 saturated carbocycles. The Kier molecular flexibility index (Phi) is 23.9. The minimum atomic E-state index is 0.374. The lowest BCUT2D eigenvalue weighted by molar-refractivity contribution is 0.519. The van der Waals surface area contributed by atoms with Crippen molar-refractivity contribution in [1.29, 1.82) is 0 Å². The second-order valence-corrected chi connectivity index (χ2v) is 8.15. The van der Waals surface area contributed by atoms with Crippen molar-refractivity contribution in [2.45, 2.75) is 148 Å². The van der Waals surface area contributed by atoms with Crippen LogP contribution in [0.4, 0.5) is 0 Å². The van der Waals surface area contributed by atoms with Gasteiger partial charge in [-0.25, -0.2) is 0 Å². The molecule has 0 atom stereocenters. The summed E-state index contributed by atoms with van der Waals surface area (Å²) in [6.45, 7) is 2.67. The molecular formula is C24H49N. The third kappa shape index (κ3) is 24.0. The van der Waals surface area contributed by atoms with Gasteiger partial charge in [-0.15, -0.1) is 5.73 Å². The molecule has 25 heavy (non-hydrogen) atoms. The Morgan fingerprint density at radius 1 is 0.320 bits per heavy atom. The monoisotopic (exact) mass is 351 g/mol. The van der Waals surface area contributed by atoms with Gasteiger partial charge < -0.3 is 0 Å². The van der Waals surface area contributed by atoms with E-state index in [0.717, 1.165) is 6.42 Å². The molecule has 2 radical (unpaired) electrons. The van der Waals surface area contributed by atoms with Crippen molar-refractivity contribution in [3.05, 3.63) is 0 Å². The smallest absolute Gasteiger partial charge is 0.0321 e. The summed E-state index contributed by atoms with van der Waals surface area (Å²) in [5.41, 5.74) is 8.72. The van der Waals surface area contributed by atoms with E-state index in [4.69, 9.17) is 5.73 Å². The van der Waals surface area contributed by atoms with Crippen molar-refractivity contribution < 1.29 is 0 Å². The maximum Gasteiger partial charge on any atom is 0.0321 e. The fourth-order valence-corrected chi connectivity index (χ4v) is 3.72. The van der Waals surface area contributed by atoms with Crippen molar-refractivity contribution >= 4 is 0 Å². The van der Waals surface area contributed by atoms with Crippen molar-refractivity contribution in [3.63, 3.8) is 0 Å². The lowest BCUT2D eigenvalue weighted by Crippen LogP contribution is -1.86. The van der Waals surface area contributed by atoms with Gasteiger partial charge in [-0.1, -0.05) is 142 Å². The molecule has 0 aromatic carbocycles. The molecule has 0 fully saturated rings. The molecule has 1 nitrogen and oxygen atoms in total. The molecule has 1 heteroatoms. The quantitative estimate of drug-likeness (QED) is 0.174. The molecule has 0 unspecified atom stereocenters. The summed E-state index contributed by atoms with van der Waals surface area (Å²) >= 11 is 0. The van der Waals surface area contributed by atoms with Crippen molar-refractivity contribution in [1.82, 2.24) is 5.73 Å². The molecule has 0 aliphatic heterocycles. The highest BCUT2D eigenvalue weighted by molar-refractivity contribution is 4.51. The first-order valence-electron chi connectivity index (χ1n) is 12.0. The number of hydrogen-bond acceptors (Lipinski definition) is 0. The van der Waals surface area contributed by atoms with Gasteiger partial charge in [0.2, 0.25) is 0 Å². The molecule has 0 spiro atoms. The van der Waals surface area contributed by atoms with E-state index in [1.165, 1.54) is 135 Å². The molecule has 0 amide bonds. The highest BCUT2D eigenvalue weighted by Crippen LogP contribution is 2.15. The maximum absolute atomic E-state index is 8.72. The van der Waals surface area contributed by atoms with Crippen molar-refractivity contribution in [2.24, 2.45) is 0 Å². The highest BCUT2D eigenvalue weighted by atomic mass is 14.5. The summed E-state index contributed by atoms with van der Waals surface area (Å²) in [5.74, 6) is 0. The van der Waals surface area contributed by atoms with Crippen LogP contribution >= 0.6 is 0 Å². The average molecular weight is 352 g/mol. The maximum atomic E-state index is 8.72. The van der Waals surface area contributed by atoms with E-state index in [1.807, 2.05) is 0 Å². The minimum absolute atomic E-state index is 0.374. The second-order valence-electron chi connectivity index (χ2n) is 8.15. The molecule has 0 saturated heterocycles. The van der Waals surface area contributed by atoms with Gasteiger partial charge in [0, 0.05) is 6.54 Å². The van der Waals surface area contributed by atoms with Crippen LogP contribution in [0.5, 0.6) is 0 Å². The Hall–Kier alpha value is -0.0400. The normalized spacial score (nSPS) is 11.3. The Morgan fingerprint density at radius 2 is 0.520 bits per heavy atom. The molecule has 0 bridgehead atoms. The molecule has 0 aromatic heterocycles. The van der Waals surface area contributed by atoms with Gasteiger partial charge >= 0.3 is 0 Å². The van der Waals surface area contributed by atoms with E-state index in [9.17, 15) is 0 Å². The number of unbranched alkanes of at least 4 members (excludes halogenated alkanes) is 21. The van der Waals surface area contributed by atoms with Crippen LogP contribution in [0.1, 0.15) is 148 Å². The first-order valence-corrected chi connectivity index (χ1v) is 12.0. The van der Waals surface area contributed by atoms with Crippen LogP contribution in [0, 0.1) is 0 Å². The Balaban J connectivity index is 2.94. The lowest BCUT2D eigenvalue weighted by atomic mass is 10.0. The molecule has 0 aliphatic carbocycles. The van der Waals surface area contributed by atoms with Gasteiger partial charge in [0.05, 0.1) is 0 Å². The van der Waals surface area contributed by atoms with Crippen LogP contribution in [0.25, 0.3) is 0 Å². The first-order chi connectivity index (χ1) is 12.4. The summed E-state index contributed by atoms with van der Waals surface area (Å²) in [4.78, 5) is 0. The van der Waals surface area contributed by atoms with Gasteiger partial charge in [0.1, 0.15) is 0 Å². The molecule has 0 heterocycles. The zero-order valence-corrected chi connectivity index (χ0v) is 17.7. The third-order valence-corrected chi connectivity index (χ3v) is 5.51. The second kappa shape index (κ2) is 24.0. The lowest BCUT2D eigenvalue weighted by Gasteiger charge is -2.04. The van der Waals surface area contributed by atoms with Crippen LogP contribution in [-0.4, -0.2) is 6.54 Å². The number of nitrogens with zero attached hydrogens (tertiary/aromatic N) is 1. The van der Waals surface area contributed by atoms with Gasteiger partial charge in [-0.2, -0.15) is 0 Å². The van der Waals surface area contributed by atoms with E-state index < -0.39 is 0 Å². The Morgan fingerprint density at radius 3 is 0.720 bits per heavy atom. The first kappa shape index (κ1) is 25.0. The van der Waals surface area contributed by atoms with Crippen LogP contribution < -0.4 is 5.73 Å². The predicted octanol–water partition coefficient (Wildman–Crippen LogP) is 8.66. The summed E-state index contributed by atoms with van der Waals surface area (Å²) < 4.78 is 0. The largest absolute Gasteiger partial charge is 0.145 e. The van der Waals surface area contributed by atoms with Crippen molar-refractivity contribution in [3.8, 4) is 0 Å². The topological polar surface area (TPSA) is 22.3 Å². The minimum Gasteiger partial charge on any atom is -0.145 e. The molecule has 0 rings (SSSR count). The molecule has 0 aromatic rings. The summed E-state index contributed by atoms with van der Waals surface area (Å²) in [6, 6.07) is 0. The molecule has 0 N–H and O–H groups in total.